The van der Waals surface area contributed by atoms with E-state index in [4.69, 9.17) is 0 Å². The molecule has 214 valence electrons. The van der Waals surface area contributed by atoms with Gasteiger partial charge in [-0.3, -0.25) is 9.59 Å². The van der Waals surface area contributed by atoms with Crippen LogP contribution in [0.4, 0.5) is 14.5 Å². The Morgan fingerprint density at radius 2 is 1.46 bits per heavy atom. The number of benzene rings is 3. The van der Waals surface area contributed by atoms with Crippen molar-refractivity contribution in [2.75, 3.05) is 32.1 Å². The predicted molar refractivity (Wildman–Crippen MR) is 156 cm³/mol. The molecule has 1 atom stereocenters. The van der Waals surface area contributed by atoms with Crippen LogP contribution in [0.15, 0.2) is 60.7 Å². The third-order valence-corrected chi connectivity index (χ3v) is 7.19. The largest absolute Gasteiger partial charge is 0.331 e. The molecule has 3 aromatic carbocycles. The van der Waals surface area contributed by atoms with Crippen molar-refractivity contribution in [2.45, 2.75) is 39.3 Å². The standard InChI is InChI=1S/C33H35F2N3O3/c1-24-10-9-11-25(2)28(24)21-36(4)16-17-38(23-40)33(3,22-39)20-31(41)37(5)32-29(34)18-27(19-30(32)35)15-14-26-12-7-6-8-13-26/h6-13,18-19,22-23H,16-17,20-21H2,1-5H3. The number of amides is 2. The Kier molecular flexibility index (Phi) is 10.5. The highest BCUT2D eigenvalue weighted by atomic mass is 19.1. The van der Waals surface area contributed by atoms with E-state index in [1.54, 1.807) is 24.3 Å². The van der Waals surface area contributed by atoms with E-state index >= 15 is 0 Å². The zero-order valence-electron chi connectivity index (χ0n) is 24.1. The van der Waals surface area contributed by atoms with Crippen molar-refractivity contribution >= 4 is 24.3 Å². The molecule has 6 nitrogen and oxygen atoms in total. The average Bonchev–Trinajstić information content (AvgIpc) is 2.94. The van der Waals surface area contributed by atoms with Crippen molar-refractivity contribution in [3.05, 3.63) is 100 Å². The van der Waals surface area contributed by atoms with Crippen LogP contribution in [0.3, 0.4) is 0 Å². The molecule has 0 aliphatic carbocycles. The molecule has 0 N–H and O–H groups in total. The molecule has 2 amide bonds. The summed E-state index contributed by atoms with van der Waals surface area (Å²) >= 11 is 0. The molecule has 0 aromatic heterocycles. The van der Waals surface area contributed by atoms with E-state index in [1.807, 2.05) is 50.1 Å². The van der Waals surface area contributed by atoms with Crippen molar-refractivity contribution in [2.24, 2.45) is 0 Å². The lowest BCUT2D eigenvalue weighted by Crippen LogP contribution is -2.52. The predicted octanol–water partition coefficient (Wildman–Crippen LogP) is 4.88. The average molecular weight is 560 g/mol. The number of carbonyl (C=O) groups excluding carboxylic acids is 3. The number of hydrogen-bond acceptors (Lipinski definition) is 4. The summed E-state index contributed by atoms with van der Waals surface area (Å²) in [6.45, 7) is 6.80. The monoisotopic (exact) mass is 559 g/mol. The van der Waals surface area contributed by atoms with E-state index in [1.165, 1.54) is 24.4 Å². The van der Waals surface area contributed by atoms with Gasteiger partial charge < -0.3 is 19.5 Å². The number of anilines is 1. The molecule has 0 saturated carbocycles. The molecule has 0 aliphatic heterocycles. The van der Waals surface area contributed by atoms with Gasteiger partial charge in [0.25, 0.3) is 0 Å². The van der Waals surface area contributed by atoms with E-state index in [-0.39, 0.29) is 12.1 Å². The number of aldehydes is 1. The van der Waals surface area contributed by atoms with Gasteiger partial charge in [-0.05, 0) is 68.8 Å². The van der Waals surface area contributed by atoms with E-state index in [9.17, 15) is 23.2 Å². The SMILES string of the molecule is Cc1cccc(C)c1CN(C)CCN(C=O)C(C)(C=O)CC(=O)N(C)c1c(F)cc(C#Cc2ccccc2)cc1F. The summed E-state index contributed by atoms with van der Waals surface area (Å²) in [6, 6.07) is 17.2. The van der Waals surface area contributed by atoms with Gasteiger partial charge in [-0.15, -0.1) is 0 Å². The van der Waals surface area contributed by atoms with Crippen LogP contribution >= 0.6 is 0 Å². The van der Waals surface area contributed by atoms with Crippen molar-refractivity contribution in [1.82, 2.24) is 9.80 Å². The summed E-state index contributed by atoms with van der Waals surface area (Å²) in [5.74, 6) is 2.90. The molecular weight excluding hydrogens is 524 g/mol. The first-order chi connectivity index (χ1) is 19.5. The van der Waals surface area contributed by atoms with Crippen LogP contribution in [0.1, 0.15) is 41.2 Å². The second-order valence-electron chi connectivity index (χ2n) is 10.4. The third-order valence-electron chi connectivity index (χ3n) is 7.19. The number of halogens is 2. The summed E-state index contributed by atoms with van der Waals surface area (Å²) in [4.78, 5) is 41.4. The van der Waals surface area contributed by atoms with Gasteiger partial charge in [0.1, 0.15) is 17.5 Å². The quantitative estimate of drug-likeness (QED) is 0.248. The fourth-order valence-electron chi connectivity index (χ4n) is 4.54. The maximum Gasteiger partial charge on any atom is 0.229 e. The summed E-state index contributed by atoms with van der Waals surface area (Å²) in [5, 5.41) is 0. The normalized spacial score (nSPS) is 12.2. The second kappa shape index (κ2) is 13.8. The topological polar surface area (TPSA) is 60.9 Å². The van der Waals surface area contributed by atoms with Crippen LogP contribution in [0.2, 0.25) is 0 Å². The molecule has 41 heavy (non-hydrogen) atoms. The molecule has 0 bridgehead atoms. The maximum atomic E-state index is 15.0. The van der Waals surface area contributed by atoms with E-state index in [2.05, 4.69) is 11.8 Å². The fourth-order valence-corrected chi connectivity index (χ4v) is 4.54. The molecule has 0 fully saturated rings. The van der Waals surface area contributed by atoms with E-state index < -0.39 is 35.2 Å². The first-order valence-electron chi connectivity index (χ1n) is 13.2. The first kappa shape index (κ1) is 31.2. The lowest BCUT2D eigenvalue weighted by Gasteiger charge is -2.36. The van der Waals surface area contributed by atoms with Crippen molar-refractivity contribution < 1.29 is 23.2 Å². The van der Waals surface area contributed by atoms with Crippen LogP contribution in [-0.2, 0) is 20.9 Å². The number of likely N-dealkylation sites (N-methyl/N-ethyl adjacent to an activating group) is 1. The van der Waals surface area contributed by atoms with E-state index in [0.29, 0.717) is 31.3 Å². The number of rotatable bonds is 11. The van der Waals surface area contributed by atoms with Crippen LogP contribution in [0.25, 0.3) is 0 Å². The summed E-state index contributed by atoms with van der Waals surface area (Å²) in [6.07, 6.45) is 0.588. The Balaban J connectivity index is 1.71. The summed E-state index contributed by atoms with van der Waals surface area (Å²) in [7, 11) is 3.14. The molecule has 1 unspecified atom stereocenters. The molecular formula is C33H35F2N3O3. The molecule has 0 radical (unpaired) electrons. The van der Waals surface area contributed by atoms with Crippen molar-refractivity contribution in [3.8, 4) is 11.8 Å². The van der Waals surface area contributed by atoms with Crippen LogP contribution in [0, 0.1) is 37.3 Å². The maximum absolute atomic E-state index is 15.0. The van der Waals surface area contributed by atoms with Crippen LogP contribution in [-0.4, -0.2) is 61.1 Å². The van der Waals surface area contributed by atoms with Gasteiger partial charge >= 0.3 is 0 Å². The van der Waals surface area contributed by atoms with Crippen LogP contribution < -0.4 is 4.90 Å². The number of nitrogens with zero attached hydrogens (tertiary/aromatic N) is 3. The Morgan fingerprint density at radius 1 is 0.878 bits per heavy atom. The van der Waals surface area contributed by atoms with Crippen LogP contribution in [0.5, 0.6) is 0 Å². The molecule has 0 spiro atoms. The van der Waals surface area contributed by atoms with Gasteiger partial charge in [0.15, 0.2) is 11.6 Å². The van der Waals surface area contributed by atoms with Gasteiger partial charge in [-0.1, -0.05) is 48.2 Å². The summed E-state index contributed by atoms with van der Waals surface area (Å²) in [5.41, 5.74) is 2.23. The minimum Gasteiger partial charge on any atom is -0.331 e. The minimum absolute atomic E-state index is 0.114. The smallest absolute Gasteiger partial charge is 0.229 e. The van der Waals surface area contributed by atoms with Gasteiger partial charge in [-0.2, -0.15) is 0 Å². The summed E-state index contributed by atoms with van der Waals surface area (Å²) < 4.78 is 30.0. The Morgan fingerprint density at radius 3 is 2.02 bits per heavy atom. The third kappa shape index (κ3) is 7.86. The highest BCUT2D eigenvalue weighted by molar-refractivity contribution is 5.96. The van der Waals surface area contributed by atoms with Gasteiger partial charge in [-0.25, -0.2) is 8.78 Å². The lowest BCUT2D eigenvalue weighted by molar-refractivity contribution is -0.135. The number of carbonyl (C=O) groups is 3. The lowest BCUT2D eigenvalue weighted by atomic mass is 9.96. The van der Waals surface area contributed by atoms with Crippen molar-refractivity contribution in [3.63, 3.8) is 0 Å². The Labute approximate surface area is 240 Å². The Bertz CT molecular complexity index is 1420. The molecule has 0 saturated heterocycles. The highest BCUT2D eigenvalue weighted by Gasteiger charge is 2.35. The van der Waals surface area contributed by atoms with E-state index in [0.717, 1.165) is 28.2 Å². The molecule has 0 aliphatic rings. The molecule has 3 aromatic rings. The molecule has 3 rings (SSSR count). The second-order valence-corrected chi connectivity index (χ2v) is 10.4. The fraction of sp³-hybridized carbons (Fsp3) is 0.303. The van der Waals surface area contributed by atoms with Crippen molar-refractivity contribution in [1.29, 1.82) is 0 Å². The number of hydrogen-bond donors (Lipinski definition) is 0. The van der Waals surface area contributed by atoms with Gasteiger partial charge in [0, 0.05) is 37.8 Å². The highest BCUT2D eigenvalue weighted by Crippen LogP contribution is 2.27. The first-order valence-corrected chi connectivity index (χ1v) is 13.2. The zero-order chi connectivity index (χ0) is 30.2. The Hall–Kier alpha value is -4.35. The molecule has 8 heteroatoms. The number of aryl methyl sites for hydroxylation is 2. The van der Waals surface area contributed by atoms with Gasteiger partial charge in [0.05, 0.1) is 6.42 Å². The minimum atomic E-state index is -1.51. The zero-order valence-corrected chi connectivity index (χ0v) is 24.1. The van der Waals surface area contributed by atoms with Gasteiger partial charge in [0.2, 0.25) is 12.3 Å². The molecule has 0 heterocycles.